The number of rotatable bonds is 19. The van der Waals surface area contributed by atoms with E-state index in [-0.39, 0.29) is 12.3 Å². The summed E-state index contributed by atoms with van der Waals surface area (Å²) in [6.07, 6.45) is -0.0741. The highest BCUT2D eigenvalue weighted by Gasteiger charge is 2.35. The number of carbonyl (C=O) groups is 8. The van der Waals surface area contributed by atoms with Crippen LogP contribution < -0.4 is 21.3 Å². The van der Waals surface area contributed by atoms with Crippen LogP contribution in [-0.2, 0) is 38.4 Å². The first-order chi connectivity index (χ1) is 20.6. The standard InChI is InChI=1S/C28H45N5O11/c1-5-16(6-2)24(39)29-18(13-22(35)36)26(41)30-17(12-21(34)33-9-7-8-10-33)25(40)31-19(14-23(37)38)27(42)32-20(28(43)44)11-15(3)4/h15-20H,5-14H2,1-4H3,(H,29,39)(H,30,41)(H,31,40)(H,32,42)(H,35,36)(H,37,38)(H,43,44)/t17-,18-,19-,20-/m0/s1. The van der Waals surface area contributed by atoms with Gasteiger partial charge in [0.25, 0.3) is 0 Å². The molecular formula is C28H45N5O11. The van der Waals surface area contributed by atoms with Crippen molar-refractivity contribution in [3.05, 3.63) is 0 Å². The van der Waals surface area contributed by atoms with E-state index in [0.29, 0.717) is 25.9 Å². The second-order valence-corrected chi connectivity index (χ2v) is 11.2. The Morgan fingerprint density at radius 2 is 1.00 bits per heavy atom. The van der Waals surface area contributed by atoms with Gasteiger partial charge in [0.1, 0.15) is 24.2 Å². The molecule has 0 unspecified atom stereocenters. The van der Waals surface area contributed by atoms with Gasteiger partial charge >= 0.3 is 17.9 Å². The van der Waals surface area contributed by atoms with Crippen molar-refractivity contribution in [2.24, 2.45) is 11.8 Å². The van der Waals surface area contributed by atoms with Crippen molar-refractivity contribution < 1.29 is 53.7 Å². The molecule has 16 heteroatoms. The zero-order chi connectivity index (χ0) is 33.6. The van der Waals surface area contributed by atoms with Crippen LogP contribution in [0.2, 0.25) is 0 Å². The van der Waals surface area contributed by atoms with Crippen molar-refractivity contribution in [2.45, 2.75) is 103 Å². The molecule has 5 amide bonds. The zero-order valence-corrected chi connectivity index (χ0v) is 25.6. The second kappa shape index (κ2) is 18.4. The number of carbonyl (C=O) groups excluding carboxylic acids is 5. The van der Waals surface area contributed by atoms with E-state index in [4.69, 9.17) is 0 Å². The van der Waals surface area contributed by atoms with E-state index in [1.54, 1.807) is 27.7 Å². The number of carboxylic acids is 3. The van der Waals surface area contributed by atoms with Crippen molar-refractivity contribution in [3.8, 4) is 0 Å². The van der Waals surface area contributed by atoms with E-state index in [1.165, 1.54) is 4.90 Å². The largest absolute Gasteiger partial charge is 0.481 e. The van der Waals surface area contributed by atoms with Crippen LogP contribution in [0.5, 0.6) is 0 Å². The third kappa shape index (κ3) is 13.0. The van der Waals surface area contributed by atoms with Gasteiger partial charge in [-0.25, -0.2) is 4.79 Å². The zero-order valence-electron chi connectivity index (χ0n) is 25.6. The molecule has 1 aliphatic heterocycles. The van der Waals surface area contributed by atoms with E-state index in [1.807, 2.05) is 0 Å². The number of nitrogens with one attached hydrogen (secondary N) is 4. The van der Waals surface area contributed by atoms with Crippen LogP contribution in [0.15, 0.2) is 0 Å². The van der Waals surface area contributed by atoms with E-state index >= 15 is 0 Å². The van der Waals surface area contributed by atoms with Gasteiger partial charge in [-0.3, -0.25) is 33.6 Å². The molecule has 0 aromatic rings. The minimum Gasteiger partial charge on any atom is -0.481 e. The molecule has 0 saturated carbocycles. The highest BCUT2D eigenvalue weighted by atomic mass is 16.4. The second-order valence-electron chi connectivity index (χ2n) is 11.2. The average molecular weight is 628 g/mol. The first-order valence-electron chi connectivity index (χ1n) is 14.7. The summed E-state index contributed by atoms with van der Waals surface area (Å²) in [7, 11) is 0. The van der Waals surface area contributed by atoms with E-state index in [9.17, 15) is 53.7 Å². The average Bonchev–Trinajstić information content (AvgIpc) is 3.46. The molecule has 0 aromatic heterocycles. The number of nitrogens with zero attached hydrogens (tertiary/aromatic N) is 1. The number of hydrogen-bond acceptors (Lipinski definition) is 8. The van der Waals surface area contributed by atoms with Crippen LogP contribution in [0.25, 0.3) is 0 Å². The van der Waals surface area contributed by atoms with Gasteiger partial charge in [-0.15, -0.1) is 0 Å². The lowest BCUT2D eigenvalue weighted by molar-refractivity contribution is -0.144. The summed E-state index contributed by atoms with van der Waals surface area (Å²) in [4.78, 5) is 101. The molecule has 44 heavy (non-hydrogen) atoms. The highest BCUT2D eigenvalue weighted by molar-refractivity contribution is 5.98. The molecule has 248 valence electrons. The molecule has 0 aliphatic carbocycles. The lowest BCUT2D eigenvalue weighted by Crippen LogP contribution is -2.59. The molecule has 1 saturated heterocycles. The number of hydrogen-bond donors (Lipinski definition) is 7. The Hall–Kier alpha value is -4.24. The van der Waals surface area contributed by atoms with Crippen LogP contribution in [0.1, 0.15) is 79.1 Å². The Kier molecular flexibility index (Phi) is 15.8. The fourth-order valence-corrected chi connectivity index (χ4v) is 4.71. The first kappa shape index (κ1) is 37.8. The summed E-state index contributed by atoms with van der Waals surface area (Å²) < 4.78 is 0. The number of carboxylic acid groups (broad SMARTS) is 3. The van der Waals surface area contributed by atoms with E-state index < -0.39 is 96.8 Å². The third-order valence-corrected chi connectivity index (χ3v) is 7.17. The topological polar surface area (TPSA) is 249 Å². The van der Waals surface area contributed by atoms with Crippen LogP contribution >= 0.6 is 0 Å². The van der Waals surface area contributed by atoms with Crippen LogP contribution in [0.4, 0.5) is 0 Å². The lowest BCUT2D eigenvalue weighted by atomic mass is 10.0. The van der Waals surface area contributed by atoms with Gasteiger partial charge in [0.05, 0.1) is 19.3 Å². The number of likely N-dealkylation sites (tertiary alicyclic amines) is 1. The minimum atomic E-state index is -1.78. The minimum absolute atomic E-state index is 0.0193. The van der Waals surface area contributed by atoms with Gasteiger partial charge in [-0.2, -0.15) is 0 Å². The monoisotopic (exact) mass is 627 g/mol. The molecule has 0 radical (unpaired) electrons. The smallest absolute Gasteiger partial charge is 0.326 e. The third-order valence-electron chi connectivity index (χ3n) is 7.17. The highest BCUT2D eigenvalue weighted by Crippen LogP contribution is 2.12. The quantitative estimate of drug-likeness (QED) is 0.0957. The fourth-order valence-electron chi connectivity index (χ4n) is 4.71. The Balaban J connectivity index is 3.28. The molecule has 1 rings (SSSR count). The van der Waals surface area contributed by atoms with E-state index in [2.05, 4.69) is 21.3 Å². The summed E-state index contributed by atoms with van der Waals surface area (Å²) in [5.41, 5.74) is 0. The molecule has 7 N–H and O–H groups in total. The molecular weight excluding hydrogens is 582 g/mol. The molecule has 0 spiro atoms. The number of amides is 5. The predicted octanol–water partition coefficient (Wildman–Crippen LogP) is -0.546. The maximum atomic E-state index is 13.4. The van der Waals surface area contributed by atoms with Crippen molar-refractivity contribution in [1.29, 1.82) is 0 Å². The molecule has 0 bridgehead atoms. The molecule has 1 heterocycles. The lowest BCUT2D eigenvalue weighted by Gasteiger charge is -2.27. The molecule has 1 aliphatic rings. The van der Waals surface area contributed by atoms with Gasteiger partial charge < -0.3 is 41.5 Å². The summed E-state index contributed by atoms with van der Waals surface area (Å²) >= 11 is 0. The Morgan fingerprint density at radius 1 is 0.614 bits per heavy atom. The normalized spacial score (nSPS) is 15.5. The number of aliphatic carboxylic acids is 3. The predicted molar refractivity (Wildman–Crippen MR) is 154 cm³/mol. The molecule has 4 atom stereocenters. The van der Waals surface area contributed by atoms with Crippen LogP contribution in [-0.4, -0.2) is 105 Å². The van der Waals surface area contributed by atoms with Crippen molar-refractivity contribution >= 4 is 47.4 Å². The Labute approximate surface area is 255 Å². The van der Waals surface area contributed by atoms with Crippen molar-refractivity contribution in [1.82, 2.24) is 26.2 Å². The van der Waals surface area contributed by atoms with Crippen LogP contribution in [0.3, 0.4) is 0 Å². The van der Waals surface area contributed by atoms with Crippen LogP contribution in [0, 0.1) is 11.8 Å². The van der Waals surface area contributed by atoms with Gasteiger partial charge in [0.2, 0.25) is 29.5 Å². The van der Waals surface area contributed by atoms with Gasteiger partial charge in [0.15, 0.2) is 0 Å². The fraction of sp³-hybridized carbons (Fsp3) is 0.714. The summed E-state index contributed by atoms with van der Waals surface area (Å²) in [5.74, 6) is -9.36. The molecule has 1 fully saturated rings. The van der Waals surface area contributed by atoms with Crippen molar-refractivity contribution in [3.63, 3.8) is 0 Å². The van der Waals surface area contributed by atoms with Crippen molar-refractivity contribution in [2.75, 3.05) is 13.1 Å². The Bertz CT molecular complexity index is 1070. The maximum absolute atomic E-state index is 13.4. The summed E-state index contributed by atoms with van der Waals surface area (Å²) in [6.45, 7) is 7.74. The summed E-state index contributed by atoms with van der Waals surface area (Å²) in [6, 6.07) is -6.45. The van der Waals surface area contributed by atoms with E-state index in [0.717, 1.165) is 12.8 Å². The van der Waals surface area contributed by atoms with Gasteiger partial charge in [0, 0.05) is 19.0 Å². The SMILES string of the molecule is CCC(CC)C(=O)N[C@@H](CC(=O)O)C(=O)N[C@@H](CC(=O)N1CCCC1)C(=O)N[C@@H](CC(=O)O)C(=O)N[C@@H](CC(C)C)C(=O)O. The molecule has 0 aromatic carbocycles. The van der Waals surface area contributed by atoms with Gasteiger partial charge in [-0.05, 0) is 38.0 Å². The molecule has 16 nitrogen and oxygen atoms in total. The van der Waals surface area contributed by atoms with Gasteiger partial charge in [-0.1, -0.05) is 27.7 Å². The summed E-state index contributed by atoms with van der Waals surface area (Å²) in [5, 5.41) is 37.3. The first-order valence-corrected chi connectivity index (χ1v) is 14.7. The maximum Gasteiger partial charge on any atom is 0.326 e. The Morgan fingerprint density at radius 3 is 1.36 bits per heavy atom.